The Bertz CT molecular complexity index is 1320. The highest BCUT2D eigenvalue weighted by Gasteiger charge is 2.42. The second kappa shape index (κ2) is 10.7. The smallest absolute Gasteiger partial charge is 0.262 e. The van der Waals surface area contributed by atoms with E-state index in [4.69, 9.17) is 25.8 Å². The number of rotatable bonds is 6. The number of ketones is 2. The molecule has 37 heavy (non-hydrogen) atoms. The third-order valence-corrected chi connectivity index (χ3v) is 7.64. The molecule has 0 radical (unpaired) electrons. The zero-order valence-electron chi connectivity index (χ0n) is 20.2. The van der Waals surface area contributed by atoms with Gasteiger partial charge in [0, 0.05) is 42.7 Å². The first-order valence-electron chi connectivity index (χ1n) is 12.1. The molecule has 1 heterocycles. The van der Waals surface area contributed by atoms with Crippen molar-refractivity contribution in [3.05, 3.63) is 74.1 Å². The maximum atomic E-state index is 13.1. The lowest BCUT2D eigenvalue weighted by Gasteiger charge is -2.36. The molecule has 3 aliphatic rings. The number of amides is 1. The molecule has 0 saturated carbocycles. The number of halogens is 2. The molecule has 7 nitrogen and oxygen atoms in total. The van der Waals surface area contributed by atoms with Crippen molar-refractivity contribution in [2.75, 3.05) is 19.0 Å². The van der Waals surface area contributed by atoms with Gasteiger partial charge in [-0.25, -0.2) is 0 Å². The Morgan fingerprint density at radius 1 is 1.05 bits per heavy atom. The quantitative estimate of drug-likeness (QED) is 0.430. The summed E-state index contributed by atoms with van der Waals surface area (Å²) in [5.74, 6) is 1.13. The molecule has 0 fully saturated rings. The molecule has 2 aromatic carbocycles. The number of ether oxygens (including phenoxy) is 3. The molecule has 1 amide bonds. The summed E-state index contributed by atoms with van der Waals surface area (Å²) in [6.45, 7) is -0.279. The monoisotopic (exact) mass is 585 g/mol. The Kier molecular flexibility index (Phi) is 7.40. The van der Waals surface area contributed by atoms with Crippen LogP contribution in [0.5, 0.6) is 11.5 Å². The van der Waals surface area contributed by atoms with E-state index in [0.29, 0.717) is 75.0 Å². The van der Waals surface area contributed by atoms with E-state index < -0.39 is 5.92 Å². The Labute approximate surface area is 227 Å². The second-order valence-electron chi connectivity index (χ2n) is 9.11. The normalized spacial score (nSPS) is 17.7. The van der Waals surface area contributed by atoms with Gasteiger partial charge in [-0.2, -0.15) is 0 Å². The molecule has 0 aromatic heterocycles. The van der Waals surface area contributed by atoms with E-state index in [2.05, 4.69) is 21.2 Å². The summed E-state index contributed by atoms with van der Waals surface area (Å²) in [6, 6.07) is 10.5. The molecule has 0 atom stereocenters. The third kappa shape index (κ3) is 5.05. The van der Waals surface area contributed by atoms with Crippen LogP contribution in [0, 0.1) is 0 Å². The maximum Gasteiger partial charge on any atom is 0.262 e. The molecule has 0 saturated heterocycles. The van der Waals surface area contributed by atoms with Gasteiger partial charge in [-0.3, -0.25) is 14.4 Å². The van der Waals surface area contributed by atoms with Gasteiger partial charge >= 0.3 is 0 Å². The molecule has 2 aliphatic carbocycles. The van der Waals surface area contributed by atoms with Crippen molar-refractivity contribution >= 4 is 50.7 Å². The fourth-order valence-corrected chi connectivity index (χ4v) is 5.84. The number of benzene rings is 2. The van der Waals surface area contributed by atoms with Crippen molar-refractivity contribution in [3.8, 4) is 11.5 Å². The summed E-state index contributed by atoms with van der Waals surface area (Å²) in [6.07, 6.45) is 3.66. The van der Waals surface area contributed by atoms with Crippen LogP contribution < -0.4 is 14.8 Å². The molecule has 1 N–H and O–H groups in total. The number of allylic oxidation sites excluding steroid dienone is 4. The summed E-state index contributed by atoms with van der Waals surface area (Å²) < 4.78 is 18.1. The van der Waals surface area contributed by atoms with E-state index in [9.17, 15) is 14.4 Å². The van der Waals surface area contributed by atoms with Crippen molar-refractivity contribution in [1.29, 1.82) is 0 Å². The minimum absolute atomic E-state index is 0.00262. The van der Waals surface area contributed by atoms with Crippen molar-refractivity contribution < 1.29 is 28.6 Å². The van der Waals surface area contributed by atoms with Crippen molar-refractivity contribution in [2.45, 2.75) is 44.4 Å². The van der Waals surface area contributed by atoms with Gasteiger partial charge in [0.1, 0.15) is 11.5 Å². The lowest BCUT2D eigenvalue weighted by atomic mass is 9.73. The standard InChI is InChI=1S/C28H25BrClNO6/c1-35-23-13-15(12-16(29)28(23)36-14-24(34)31-18-7-3-2-6-17(18)30)25-26-19(32)8-4-10-21(26)37-22-11-5-9-20(33)27(22)25/h2-3,6-7,12-13,25H,4-5,8-11,14H2,1H3,(H,31,34). The number of para-hydroxylation sites is 1. The molecule has 5 rings (SSSR count). The predicted octanol–water partition coefficient (Wildman–Crippen LogP) is 6.26. The Morgan fingerprint density at radius 3 is 2.32 bits per heavy atom. The van der Waals surface area contributed by atoms with Gasteiger partial charge in [-0.15, -0.1) is 0 Å². The van der Waals surface area contributed by atoms with Crippen LogP contribution in [0.3, 0.4) is 0 Å². The van der Waals surface area contributed by atoms with E-state index in [-0.39, 0.29) is 24.1 Å². The summed E-state index contributed by atoms with van der Waals surface area (Å²) in [4.78, 5) is 38.6. The van der Waals surface area contributed by atoms with Gasteiger partial charge in [0.05, 0.1) is 22.3 Å². The van der Waals surface area contributed by atoms with Crippen LogP contribution in [0.1, 0.15) is 50.0 Å². The lowest BCUT2D eigenvalue weighted by molar-refractivity contribution is -0.119. The largest absolute Gasteiger partial charge is 0.493 e. The Balaban J connectivity index is 1.46. The van der Waals surface area contributed by atoms with Gasteiger partial charge in [0.25, 0.3) is 5.91 Å². The SMILES string of the molecule is COc1cc(C2C3=C(CCCC3=O)OC3=C2C(=O)CCC3)cc(Br)c1OCC(=O)Nc1ccccc1Cl. The summed E-state index contributed by atoms with van der Waals surface area (Å²) in [7, 11) is 1.50. The van der Waals surface area contributed by atoms with Gasteiger partial charge in [-0.1, -0.05) is 23.7 Å². The van der Waals surface area contributed by atoms with Crippen LogP contribution in [0.15, 0.2) is 63.5 Å². The minimum Gasteiger partial charge on any atom is -0.493 e. The molecule has 1 aliphatic heterocycles. The number of nitrogens with one attached hydrogen (secondary N) is 1. The second-order valence-corrected chi connectivity index (χ2v) is 10.4. The minimum atomic E-state index is -0.526. The first kappa shape index (κ1) is 25.5. The van der Waals surface area contributed by atoms with Crippen LogP contribution in [0.4, 0.5) is 5.69 Å². The summed E-state index contributed by atoms with van der Waals surface area (Å²) >= 11 is 9.67. The zero-order valence-corrected chi connectivity index (χ0v) is 22.5. The van der Waals surface area contributed by atoms with E-state index >= 15 is 0 Å². The maximum absolute atomic E-state index is 13.1. The molecule has 2 aromatic rings. The third-order valence-electron chi connectivity index (χ3n) is 6.72. The number of hydrogen-bond donors (Lipinski definition) is 1. The molecular weight excluding hydrogens is 562 g/mol. The summed E-state index contributed by atoms with van der Waals surface area (Å²) in [5, 5.41) is 3.14. The molecule has 9 heteroatoms. The average Bonchev–Trinajstić information content (AvgIpc) is 2.88. The summed E-state index contributed by atoms with van der Waals surface area (Å²) in [5.41, 5.74) is 2.33. The number of Topliss-reactive ketones (excluding diaryl/α,β-unsaturated/α-hetero) is 2. The average molecular weight is 587 g/mol. The van der Waals surface area contributed by atoms with E-state index in [1.54, 1.807) is 30.3 Å². The highest BCUT2D eigenvalue weighted by Crippen LogP contribution is 2.50. The molecule has 192 valence electrons. The highest BCUT2D eigenvalue weighted by atomic mass is 79.9. The first-order valence-corrected chi connectivity index (χ1v) is 13.3. The number of methoxy groups -OCH3 is 1. The zero-order chi connectivity index (χ0) is 26.1. The predicted molar refractivity (Wildman–Crippen MR) is 142 cm³/mol. The van der Waals surface area contributed by atoms with Crippen LogP contribution in [0.2, 0.25) is 5.02 Å². The van der Waals surface area contributed by atoms with Crippen molar-refractivity contribution in [1.82, 2.24) is 0 Å². The van der Waals surface area contributed by atoms with Crippen LogP contribution in [-0.2, 0) is 19.1 Å². The van der Waals surface area contributed by atoms with Gasteiger partial charge < -0.3 is 19.5 Å². The Morgan fingerprint density at radius 2 is 1.70 bits per heavy atom. The van der Waals surface area contributed by atoms with Crippen LogP contribution in [-0.4, -0.2) is 31.2 Å². The fraction of sp³-hybridized carbons (Fsp3) is 0.321. The van der Waals surface area contributed by atoms with E-state index in [1.165, 1.54) is 7.11 Å². The number of hydrogen-bond acceptors (Lipinski definition) is 6. The number of carbonyl (C=O) groups is 3. The number of anilines is 1. The first-order chi connectivity index (χ1) is 17.9. The fourth-order valence-electron chi connectivity index (χ4n) is 5.08. The van der Waals surface area contributed by atoms with Gasteiger partial charge in [0.15, 0.2) is 29.7 Å². The van der Waals surface area contributed by atoms with Crippen LogP contribution >= 0.6 is 27.5 Å². The topological polar surface area (TPSA) is 90.9 Å². The molecule has 0 spiro atoms. The number of carbonyl (C=O) groups excluding carboxylic acids is 3. The van der Waals surface area contributed by atoms with Crippen molar-refractivity contribution in [2.24, 2.45) is 0 Å². The molecule has 0 bridgehead atoms. The van der Waals surface area contributed by atoms with Crippen LogP contribution in [0.25, 0.3) is 0 Å². The van der Waals surface area contributed by atoms with Crippen molar-refractivity contribution in [3.63, 3.8) is 0 Å². The van der Waals surface area contributed by atoms with E-state index in [0.717, 1.165) is 18.4 Å². The Hall–Kier alpha value is -3.10. The molecule has 0 unspecified atom stereocenters. The van der Waals surface area contributed by atoms with Gasteiger partial charge in [0.2, 0.25) is 0 Å². The highest BCUT2D eigenvalue weighted by molar-refractivity contribution is 9.10. The van der Waals surface area contributed by atoms with Gasteiger partial charge in [-0.05, 0) is 58.6 Å². The lowest BCUT2D eigenvalue weighted by Crippen LogP contribution is -2.30. The van der Waals surface area contributed by atoms with E-state index in [1.807, 2.05) is 6.07 Å². The molecular formula is C28H25BrClNO6.